The predicted molar refractivity (Wildman–Crippen MR) is 105 cm³/mol. The van der Waals surface area contributed by atoms with Crippen LogP contribution < -0.4 is 5.32 Å². The van der Waals surface area contributed by atoms with Crippen LogP contribution in [0.15, 0.2) is 18.5 Å². The second-order valence-electron chi connectivity index (χ2n) is 7.98. The van der Waals surface area contributed by atoms with Gasteiger partial charge in [0.05, 0.1) is 19.0 Å². The van der Waals surface area contributed by atoms with E-state index in [-0.39, 0.29) is 18.2 Å². The molecule has 2 aromatic heterocycles. The molecule has 3 atom stereocenters. The second kappa shape index (κ2) is 8.98. The molecule has 1 aliphatic carbocycles. The topological polar surface area (TPSA) is 116 Å². The number of anilines is 1. The van der Waals surface area contributed by atoms with Crippen LogP contribution >= 0.6 is 0 Å². The van der Waals surface area contributed by atoms with Crippen molar-refractivity contribution >= 4 is 17.8 Å². The molecule has 12 heteroatoms. The highest BCUT2D eigenvalue weighted by Gasteiger charge is 2.40. The van der Waals surface area contributed by atoms with Crippen LogP contribution in [0.25, 0.3) is 0 Å². The quantitative estimate of drug-likeness (QED) is 0.609. The average molecular weight is 442 g/mol. The first kappa shape index (κ1) is 22.6. The molecule has 0 unspecified atom stereocenters. The van der Waals surface area contributed by atoms with E-state index in [1.165, 1.54) is 6.92 Å². The summed E-state index contributed by atoms with van der Waals surface area (Å²) in [6.07, 6.45) is -2.03. The number of hydrogen-bond acceptors (Lipinski definition) is 4. The minimum atomic E-state index is -4.43. The van der Waals surface area contributed by atoms with Gasteiger partial charge >= 0.3 is 12.3 Å². The first-order valence-electron chi connectivity index (χ1n) is 9.92. The molecule has 0 radical (unpaired) electrons. The zero-order chi connectivity index (χ0) is 22.8. The van der Waals surface area contributed by atoms with E-state index < -0.39 is 30.8 Å². The van der Waals surface area contributed by atoms with Crippen LogP contribution in [0.5, 0.6) is 0 Å². The molecule has 3 N–H and O–H groups in total. The van der Waals surface area contributed by atoms with Gasteiger partial charge in [-0.2, -0.15) is 23.4 Å². The zero-order valence-electron chi connectivity index (χ0n) is 17.2. The molecule has 2 heterocycles. The maximum Gasteiger partial charge on any atom is 0.407 e. The molecule has 0 spiro atoms. The van der Waals surface area contributed by atoms with Crippen LogP contribution in [0.3, 0.4) is 0 Å². The number of hydrogen-bond donors (Lipinski definition) is 3. The number of aromatic amines is 1. The molecule has 9 nitrogen and oxygen atoms in total. The number of H-pyrrole nitrogens is 1. The second-order valence-corrected chi connectivity index (χ2v) is 7.98. The molecule has 0 aromatic carbocycles. The van der Waals surface area contributed by atoms with Crippen LogP contribution in [0.1, 0.15) is 49.8 Å². The highest BCUT2D eigenvalue weighted by molar-refractivity contribution is 5.91. The first-order chi connectivity index (χ1) is 14.5. The number of rotatable bonds is 7. The number of aromatic nitrogens is 4. The molecular formula is C19H25F3N6O3. The van der Waals surface area contributed by atoms with E-state index >= 15 is 0 Å². The minimum absolute atomic E-state index is 0.0820. The lowest BCUT2D eigenvalue weighted by Crippen LogP contribution is -2.46. The summed E-state index contributed by atoms with van der Waals surface area (Å²) < 4.78 is 39.8. The van der Waals surface area contributed by atoms with Gasteiger partial charge in [-0.3, -0.25) is 14.6 Å². The molecule has 1 fully saturated rings. The van der Waals surface area contributed by atoms with E-state index in [0.717, 1.165) is 10.5 Å². The van der Waals surface area contributed by atoms with Crippen molar-refractivity contribution in [1.82, 2.24) is 24.9 Å². The number of alkyl halides is 3. The fraction of sp³-hybridized carbons (Fsp3) is 0.579. The number of carbonyl (C=O) groups excluding carboxylic acids is 1. The van der Waals surface area contributed by atoms with Crippen molar-refractivity contribution in [2.75, 3.05) is 5.32 Å². The fourth-order valence-corrected chi connectivity index (χ4v) is 4.18. The third-order valence-electron chi connectivity index (χ3n) is 5.45. The number of amides is 2. The zero-order valence-corrected chi connectivity index (χ0v) is 17.2. The lowest BCUT2D eigenvalue weighted by molar-refractivity contribution is -0.145. The number of nitrogens with zero attached hydrogens (tertiary/aromatic N) is 4. The first-order valence-corrected chi connectivity index (χ1v) is 9.92. The lowest BCUT2D eigenvalue weighted by atomic mass is 10.0. The normalized spacial score (nSPS) is 19.9. The Kier molecular flexibility index (Phi) is 6.56. The standard InChI is InChI=1S/C19H25F3N6O3/c1-11(8-19(20,21)22)28(18(30)31)14-4-3-13(6-14)15-7-16(26-25-15)24-17(29)5-12-9-23-27(2)10-12/h7,9-11,13-14H,3-6,8H2,1-2H3,(H,30,31)(H2,24,25,26,29)/t11-,13+,14-/m1/s1. The van der Waals surface area contributed by atoms with E-state index in [0.29, 0.717) is 30.8 Å². The van der Waals surface area contributed by atoms with Crippen molar-refractivity contribution in [3.8, 4) is 0 Å². The largest absolute Gasteiger partial charge is 0.465 e. The molecule has 2 amide bonds. The van der Waals surface area contributed by atoms with Gasteiger partial charge in [-0.1, -0.05) is 0 Å². The smallest absolute Gasteiger partial charge is 0.407 e. The monoisotopic (exact) mass is 442 g/mol. The maximum atomic E-state index is 12.7. The van der Waals surface area contributed by atoms with Gasteiger partial charge < -0.3 is 15.3 Å². The van der Waals surface area contributed by atoms with Crippen molar-refractivity contribution < 1.29 is 27.9 Å². The van der Waals surface area contributed by atoms with Crippen molar-refractivity contribution in [3.05, 3.63) is 29.7 Å². The number of aryl methyl sites for hydroxylation is 1. The third-order valence-corrected chi connectivity index (χ3v) is 5.45. The van der Waals surface area contributed by atoms with Gasteiger partial charge in [0.15, 0.2) is 5.82 Å². The van der Waals surface area contributed by atoms with Crippen LogP contribution in [0, 0.1) is 0 Å². The van der Waals surface area contributed by atoms with Crippen LogP contribution in [-0.4, -0.2) is 60.2 Å². The highest BCUT2D eigenvalue weighted by Crippen LogP contribution is 2.38. The summed E-state index contributed by atoms with van der Waals surface area (Å²) in [4.78, 5) is 24.7. The van der Waals surface area contributed by atoms with Gasteiger partial charge in [-0.25, -0.2) is 4.79 Å². The molecule has 1 saturated carbocycles. The molecule has 3 rings (SSSR count). The van der Waals surface area contributed by atoms with Crippen molar-refractivity contribution in [2.24, 2.45) is 7.05 Å². The van der Waals surface area contributed by atoms with Gasteiger partial charge in [0.25, 0.3) is 0 Å². The molecule has 0 saturated heterocycles. The number of nitrogens with one attached hydrogen (secondary N) is 2. The highest BCUT2D eigenvalue weighted by atomic mass is 19.4. The molecule has 0 bridgehead atoms. The molecule has 31 heavy (non-hydrogen) atoms. The molecule has 1 aliphatic rings. The predicted octanol–water partition coefficient (Wildman–Crippen LogP) is 3.28. The molecular weight excluding hydrogens is 417 g/mol. The van der Waals surface area contributed by atoms with Crippen LogP contribution in [-0.2, 0) is 18.3 Å². The summed E-state index contributed by atoms with van der Waals surface area (Å²) in [5.41, 5.74) is 1.48. The van der Waals surface area contributed by atoms with E-state index in [9.17, 15) is 27.9 Å². The Balaban J connectivity index is 1.59. The lowest BCUT2D eigenvalue weighted by Gasteiger charge is -2.32. The number of halogens is 3. The van der Waals surface area contributed by atoms with E-state index in [4.69, 9.17) is 0 Å². The van der Waals surface area contributed by atoms with Crippen LogP contribution in [0.4, 0.5) is 23.8 Å². The SMILES string of the molecule is C[C@H](CC(F)(F)F)N(C(=O)O)[C@@H]1CC[C@H](c2cc(NC(=O)Cc3cnn(C)c3)n[nH]2)C1. The molecule has 170 valence electrons. The Morgan fingerprint density at radius 1 is 1.42 bits per heavy atom. The Morgan fingerprint density at radius 2 is 2.16 bits per heavy atom. The van der Waals surface area contributed by atoms with E-state index in [1.54, 1.807) is 30.2 Å². The molecule has 0 aliphatic heterocycles. The minimum Gasteiger partial charge on any atom is -0.465 e. The number of carboxylic acid groups (broad SMARTS) is 1. The van der Waals surface area contributed by atoms with E-state index in [1.807, 2.05) is 0 Å². The van der Waals surface area contributed by atoms with Gasteiger partial charge in [0.1, 0.15) is 0 Å². The summed E-state index contributed by atoms with van der Waals surface area (Å²) >= 11 is 0. The van der Waals surface area contributed by atoms with E-state index in [2.05, 4.69) is 20.6 Å². The van der Waals surface area contributed by atoms with Gasteiger partial charge in [-0.05, 0) is 31.7 Å². The summed E-state index contributed by atoms with van der Waals surface area (Å²) in [6, 6.07) is 0.00967. The van der Waals surface area contributed by atoms with Crippen molar-refractivity contribution in [3.63, 3.8) is 0 Å². The summed E-state index contributed by atoms with van der Waals surface area (Å²) in [5, 5.41) is 23.1. The van der Waals surface area contributed by atoms with Crippen LogP contribution in [0.2, 0.25) is 0 Å². The summed E-state index contributed by atoms with van der Waals surface area (Å²) in [5.74, 6) is 0.00246. The fourth-order valence-electron chi connectivity index (χ4n) is 4.18. The summed E-state index contributed by atoms with van der Waals surface area (Å²) in [6.45, 7) is 1.28. The Bertz CT molecular complexity index is 925. The van der Waals surface area contributed by atoms with Crippen molar-refractivity contribution in [2.45, 2.75) is 63.2 Å². The molecule has 2 aromatic rings. The van der Waals surface area contributed by atoms with Gasteiger partial charge in [0.2, 0.25) is 5.91 Å². The Morgan fingerprint density at radius 3 is 2.77 bits per heavy atom. The van der Waals surface area contributed by atoms with Gasteiger partial charge in [0, 0.05) is 43.0 Å². The summed E-state index contributed by atoms with van der Waals surface area (Å²) in [7, 11) is 1.76. The maximum absolute atomic E-state index is 12.7. The Hall–Kier alpha value is -3.05. The average Bonchev–Trinajstić information content (AvgIpc) is 3.35. The third kappa shape index (κ3) is 5.98. The van der Waals surface area contributed by atoms with Crippen molar-refractivity contribution in [1.29, 1.82) is 0 Å². The number of carbonyl (C=O) groups is 2. The van der Waals surface area contributed by atoms with Gasteiger partial charge in [-0.15, -0.1) is 0 Å². The Labute approximate surface area is 176 Å².